The van der Waals surface area contributed by atoms with E-state index in [2.05, 4.69) is 22.4 Å². The average molecular weight is 280 g/mol. The fraction of sp³-hybridized carbons (Fsp3) is 0.615. The predicted octanol–water partition coefficient (Wildman–Crippen LogP) is 0.0798. The Kier molecular flexibility index (Phi) is 4.26. The van der Waals surface area contributed by atoms with Crippen LogP contribution < -0.4 is 10.9 Å². The van der Waals surface area contributed by atoms with Gasteiger partial charge >= 0.3 is 0 Å². The molecule has 1 aliphatic rings. The maximum absolute atomic E-state index is 12.3. The van der Waals surface area contributed by atoms with E-state index in [0.717, 1.165) is 12.8 Å². The van der Waals surface area contributed by atoms with Crippen molar-refractivity contribution in [3.63, 3.8) is 0 Å². The molecule has 1 aromatic rings. The number of amides is 2. The molecular weight excluding hydrogens is 260 g/mol. The van der Waals surface area contributed by atoms with Crippen molar-refractivity contribution in [2.75, 3.05) is 13.1 Å². The lowest BCUT2D eigenvalue weighted by Crippen LogP contribution is -2.39. The van der Waals surface area contributed by atoms with Gasteiger partial charge in [0.25, 0.3) is 11.5 Å². The second-order valence-electron chi connectivity index (χ2n) is 5.24. The lowest BCUT2D eigenvalue weighted by atomic mass is 9.98. The van der Waals surface area contributed by atoms with Crippen molar-refractivity contribution in [2.45, 2.75) is 32.7 Å². The SMILES string of the molecule is CCC[C@@H]1CN(C(=O)c2cc(=O)[nH][nH]2)C[C@H]1NC(C)=O. The smallest absolute Gasteiger partial charge is 0.272 e. The third kappa shape index (κ3) is 3.09. The van der Waals surface area contributed by atoms with Gasteiger partial charge in [-0.1, -0.05) is 13.3 Å². The van der Waals surface area contributed by atoms with Gasteiger partial charge in [-0.2, -0.15) is 0 Å². The molecule has 0 aliphatic carbocycles. The Morgan fingerprint density at radius 2 is 2.15 bits per heavy atom. The lowest BCUT2D eigenvalue weighted by molar-refractivity contribution is -0.119. The summed E-state index contributed by atoms with van der Waals surface area (Å²) < 4.78 is 0. The number of likely N-dealkylation sites (tertiary alicyclic amines) is 1. The molecule has 1 aliphatic heterocycles. The summed E-state index contributed by atoms with van der Waals surface area (Å²) in [5.41, 5.74) is -0.0650. The first-order valence-electron chi connectivity index (χ1n) is 6.85. The first-order valence-corrected chi connectivity index (χ1v) is 6.85. The lowest BCUT2D eigenvalue weighted by Gasteiger charge is -2.17. The number of nitrogens with zero attached hydrogens (tertiary/aromatic N) is 1. The number of H-pyrrole nitrogens is 2. The third-order valence-corrected chi connectivity index (χ3v) is 3.60. The number of aromatic amines is 2. The highest BCUT2D eigenvalue weighted by molar-refractivity contribution is 5.92. The Balaban J connectivity index is 2.08. The number of nitrogens with one attached hydrogen (secondary N) is 3. The molecule has 0 bridgehead atoms. The molecule has 110 valence electrons. The Labute approximate surface area is 116 Å². The second-order valence-corrected chi connectivity index (χ2v) is 5.24. The first-order chi connectivity index (χ1) is 9.51. The van der Waals surface area contributed by atoms with Crippen molar-refractivity contribution in [3.8, 4) is 0 Å². The molecule has 2 heterocycles. The minimum absolute atomic E-state index is 0.0120. The maximum Gasteiger partial charge on any atom is 0.272 e. The van der Waals surface area contributed by atoms with Crippen LogP contribution in [0.3, 0.4) is 0 Å². The van der Waals surface area contributed by atoms with Crippen molar-refractivity contribution < 1.29 is 9.59 Å². The number of carbonyl (C=O) groups excluding carboxylic acids is 2. The van der Waals surface area contributed by atoms with Crippen LogP contribution in [0.5, 0.6) is 0 Å². The van der Waals surface area contributed by atoms with E-state index in [1.54, 1.807) is 4.90 Å². The minimum Gasteiger partial charge on any atom is -0.351 e. The summed E-state index contributed by atoms with van der Waals surface area (Å²) in [4.78, 5) is 36.2. The highest BCUT2D eigenvalue weighted by Crippen LogP contribution is 2.22. The van der Waals surface area contributed by atoms with Gasteiger partial charge in [0.2, 0.25) is 5.91 Å². The molecule has 1 saturated heterocycles. The topological polar surface area (TPSA) is 98.1 Å². The van der Waals surface area contributed by atoms with Crippen LogP contribution in [0, 0.1) is 5.92 Å². The summed E-state index contributed by atoms with van der Waals surface area (Å²) in [6, 6.07) is 1.24. The van der Waals surface area contributed by atoms with E-state index in [4.69, 9.17) is 0 Å². The van der Waals surface area contributed by atoms with E-state index < -0.39 is 0 Å². The van der Waals surface area contributed by atoms with Gasteiger partial charge < -0.3 is 10.2 Å². The van der Waals surface area contributed by atoms with E-state index in [1.807, 2.05) is 0 Å². The van der Waals surface area contributed by atoms with Gasteiger partial charge in [-0.05, 0) is 12.3 Å². The summed E-state index contributed by atoms with van der Waals surface area (Å²) in [6.45, 7) is 4.65. The number of hydrogen-bond acceptors (Lipinski definition) is 3. The highest BCUT2D eigenvalue weighted by atomic mass is 16.2. The second kappa shape index (κ2) is 5.94. The minimum atomic E-state index is -0.323. The molecule has 0 spiro atoms. The number of carbonyl (C=O) groups is 2. The van der Waals surface area contributed by atoms with Crippen molar-refractivity contribution in [3.05, 3.63) is 22.1 Å². The van der Waals surface area contributed by atoms with Crippen LogP contribution in [0.4, 0.5) is 0 Å². The monoisotopic (exact) mass is 280 g/mol. The average Bonchev–Trinajstić information content (AvgIpc) is 2.96. The van der Waals surface area contributed by atoms with Gasteiger partial charge in [-0.25, -0.2) is 0 Å². The molecule has 2 amide bonds. The van der Waals surface area contributed by atoms with Gasteiger partial charge in [0.05, 0.1) is 6.04 Å². The molecule has 7 heteroatoms. The normalized spacial score (nSPS) is 22.0. The fourth-order valence-electron chi connectivity index (χ4n) is 2.74. The van der Waals surface area contributed by atoms with Crippen LogP contribution >= 0.6 is 0 Å². The summed E-state index contributed by atoms with van der Waals surface area (Å²) in [5.74, 6) is -0.0312. The highest BCUT2D eigenvalue weighted by Gasteiger charge is 2.35. The van der Waals surface area contributed by atoms with Crippen molar-refractivity contribution in [1.29, 1.82) is 0 Å². The first kappa shape index (κ1) is 14.4. The summed E-state index contributed by atoms with van der Waals surface area (Å²) in [5, 5.41) is 7.83. The van der Waals surface area contributed by atoms with Crippen molar-refractivity contribution in [1.82, 2.24) is 20.4 Å². The molecule has 1 fully saturated rings. The molecule has 20 heavy (non-hydrogen) atoms. The molecule has 7 nitrogen and oxygen atoms in total. The molecule has 1 aromatic heterocycles. The molecule has 0 aromatic carbocycles. The zero-order valence-electron chi connectivity index (χ0n) is 11.7. The summed E-state index contributed by atoms with van der Waals surface area (Å²) >= 11 is 0. The van der Waals surface area contributed by atoms with E-state index in [9.17, 15) is 14.4 Å². The zero-order valence-corrected chi connectivity index (χ0v) is 11.7. The third-order valence-electron chi connectivity index (χ3n) is 3.60. The molecule has 2 atom stereocenters. The van der Waals surface area contributed by atoms with E-state index >= 15 is 0 Å². The van der Waals surface area contributed by atoms with Gasteiger partial charge in [0.15, 0.2) is 0 Å². The maximum atomic E-state index is 12.3. The van der Waals surface area contributed by atoms with Crippen LogP contribution in [-0.4, -0.2) is 46.0 Å². The van der Waals surface area contributed by atoms with Crippen LogP contribution in [0.1, 0.15) is 37.2 Å². The summed E-state index contributed by atoms with van der Waals surface area (Å²) in [6.07, 6.45) is 1.96. The molecule has 0 saturated carbocycles. The largest absolute Gasteiger partial charge is 0.351 e. The fourth-order valence-corrected chi connectivity index (χ4v) is 2.74. The van der Waals surface area contributed by atoms with Crippen LogP contribution in [0.15, 0.2) is 10.9 Å². The summed E-state index contributed by atoms with van der Waals surface area (Å²) in [7, 11) is 0. The van der Waals surface area contributed by atoms with Crippen LogP contribution in [0.2, 0.25) is 0 Å². The molecule has 0 unspecified atom stereocenters. The Hall–Kier alpha value is -2.05. The van der Waals surface area contributed by atoms with Gasteiger partial charge in [-0.15, -0.1) is 0 Å². The Morgan fingerprint density at radius 3 is 2.70 bits per heavy atom. The molecular formula is C13H20N4O3. The number of rotatable bonds is 4. The number of hydrogen-bond donors (Lipinski definition) is 3. The van der Waals surface area contributed by atoms with E-state index in [1.165, 1.54) is 13.0 Å². The van der Waals surface area contributed by atoms with E-state index in [-0.39, 0.29) is 35.0 Å². The van der Waals surface area contributed by atoms with E-state index in [0.29, 0.717) is 13.1 Å². The van der Waals surface area contributed by atoms with Gasteiger partial charge in [0, 0.05) is 26.1 Å². The molecule has 2 rings (SSSR count). The zero-order chi connectivity index (χ0) is 14.7. The molecule has 3 N–H and O–H groups in total. The van der Waals surface area contributed by atoms with Gasteiger partial charge in [-0.3, -0.25) is 24.6 Å². The quantitative estimate of drug-likeness (QED) is 0.728. The predicted molar refractivity (Wildman–Crippen MR) is 73.3 cm³/mol. The molecule has 0 radical (unpaired) electrons. The number of aromatic nitrogens is 2. The van der Waals surface area contributed by atoms with Gasteiger partial charge in [0.1, 0.15) is 5.69 Å². The van der Waals surface area contributed by atoms with Crippen molar-refractivity contribution in [2.24, 2.45) is 5.92 Å². The van der Waals surface area contributed by atoms with Crippen molar-refractivity contribution >= 4 is 11.8 Å². The standard InChI is InChI=1S/C13H20N4O3/c1-3-4-9-6-17(7-11(9)14-8(2)18)13(20)10-5-12(19)16-15-10/h5,9,11H,3-4,6-7H2,1-2H3,(H,14,18)(H2,15,16,19)/t9-,11-/m1/s1. The Bertz CT molecular complexity index is 548. The Morgan fingerprint density at radius 1 is 1.40 bits per heavy atom. The van der Waals surface area contributed by atoms with Crippen LogP contribution in [0.25, 0.3) is 0 Å². The van der Waals surface area contributed by atoms with Crippen LogP contribution in [-0.2, 0) is 4.79 Å².